The summed E-state index contributed by atoms with van der Waals surface area (Å²) in [7, 11) is 0. The molecular weight excluding hydrogens is 419 g/mol. The van der Waals surface area contributed by atoms with Gasteiger partial charge in [-0.25, -0.2) is 0 Å². The summed E-state index contributed by atoms with van der Waals surface area (Å²) in [4.78, 5) is 46.4. The summed E-state index contributed by atoms with van der Waals surface area (Å²) in [5, 5.41) is 24.1. The molecule has 2 rings (SSSR count). The standard InChI is InChI=1S/C16H16N2O9S.Na/c19-14-7-8-15(20)17(14)9-3-1-2-4-16(21)25-13-6-5-11(28-27-26-24)10-12(13)18(22)23;/h5-8,10,24H,1-4,9H2;/q;+1/p-1. The second-order valence-corrected chi connectivity index (χ2v) is 6.33. The number of carbonyl (C=O) groups is 3. The van der Waals surface area contributed by atoms with Crippen LogP contribution < -0.4 is 39.6 Å². The van der Waals surface area contributed by atoms with E-state index in [2.05, 4.69) is 9.37 Å². The average molecular weight is 434 g/mol. The van der Waals surface area contributed by atoms with Crippen molar-refractivity contribution in [1.82, 2.24) is 4.90 Å². The topological polar surface area (TPSA) is 148 Å². The van der Waals surface area contributed by atoms with Crippen LogP contribution in [-0.4, -0.2) is 34.2 Å². The van der Waals surface area contributed by atoms with Gasteiger partial charge in [-0.15, -0.1) is 0 Å². The summed E-state index contributed by atoms with van der Waals surface area (Å²) in [5.74, 6) is -1.60. The summed E-state index contributed by atoms with van der Waals surface area (Å²) < 4.78 is 9.11. The van der Waals surface area contributed by atoms with Crippen molar-refractivity contribution in [2.75, 3.05) is 6.54 Å². The van der Waals surface area contributed by atoms with Gasteiger partial charge in [0.1, 0.15) is 0 Å². The molecule has 13 heteroatoms. The van der Waals surface area contributed by atoms with Crippen molar-refractivity contribution in [2.45, 2.75) is 30.6 Å². The maximum atomic E-state index is 11.9. The van der Waals surface area contributed by atoms with E-state index in [1.165, 1.54) is 24.3 Å². The molecule has 0 unspecified atom stereocenters. The third-order valence-corrected chi connectivity index (χ3v) is 4.24. The predicted molar refractivity (Wildman–Crippen MR) is 91.1 cm³/mol. The first-order valence-electron chi connectivity index (χ1n) is 8.08. The molecule has 1 aliphatic heterocycles. The van der Waals surface area contributed by atoms with Gasteiger partial charge in [0.2, 0.25) is 5.75 Å². The molecule has 0 fully saturated rings. The molecule has 0 saturated heterocycles. The number of nitrogens with zero attached hydrogens (tertiary/aromatic N) is 2. The smallest absolute Gasteiger partial charge is 0.691 e. The monoisotopic (exact) mass is 434 g/mol. The SMILES string of the molecule is O=C(CCCCCN1C(=O)C=CC1=O)Oc1ccc(SOO[O-])cc1[N+](=O)[O-].[Na+]. The van der Waals surface area contributed by atoms with E-state index in [4.69, 9.17) is 4.74 Å². The van der Waals surface area contributed by atoms with Crippen molar-refractivity contribution in [3.8, 4) is 5.75 Å². The number of nitro benzene ring substituents is 1. The maximum absolute atomic E-state index is 11.9. The van der Waals surface area contributed by atoms with Crippen LogP contribution in [0.3, 0.4) is 0 Å². The number of nitro groups is 1. The van der Waals surface area contributed by atoms with Crippen LogP contribution in [0.1, 0.15) is 25.7 Å². The second kappa shape index (κ2) is 12.7. The van der Waals surface area contributed by atoms with Crippen LogP contribution in [0.5, 0.6) is 5.75 Å². The maximum Gasteiger partial charge on any atom is 1.00 e. The van der Waals surface area contributed by atoms with Gasteiger partial charge in [-0.1, -0.05) is 6.42 Å². The molecule has 11 nitrogen and oxygen atoms in total. The summed E-state index contributed by atoms with van der Waals surface area (Å²) >= 11 is 0.474. The van der Waals surface area contributed by atoms with Crippen molar-refractivity contribution >= 4 is 35.5 Å². The fraction of sp³-hybridized carbons (Fsp3) is 0.312. The quantitative estimate of drug-likeness (QED) is 0.0450. The molecule has 0 N–H and O–H groups in total. The van der Waals surface area contributed by atoms with E-state index in [0.29, 0.717) is 31.3 Å². The van der Waals surface area contributed by atoms with Crippen LogP contribution >= 0.6 is 12.0 Å². The average Bonchev–Trinajstić information content (AvgIpc) is 2.98. The molecule has 0 aliphatic carbocycles. The zero-order valence-electron chi connectivity index (χ0n) is 15.4. The van der Waals surface area contributed by atoms with Gasteiger partial charge in [-0.3, -0.25) is 34.4 Å². The molecule has 0 saturated carbocycles. The fourth-order valence-corrected chi connectivity index (χ4v) is 2.76. The Morgan fingerprint density at radius 1 is 1.14 bits per heavy atom. The molecule has 0 spiro atoms. The van der Waals surface area contributed by atoms with Gasteiger partial charge in [-0.05, 0) is 25.0 Å². The minimum absolute atomic E-state index is 0. The molecule has 0 bridgehead atoms. The summed E-state index contributed by atoms with van der Waals surface area (Å²) in [6, 6.07) is 3.64. The fourth-order valence-electron chi connectivity index (χ4n) is 2.37. The third-order valence-electron chi connectivity index (χ3n) is 3.67. The first-order chi connectivity index (χ1) is 13.4. The van der Waals surface area contributed by atoms with Gasteiger partial charge in [0.05, 0.1) is 17.0 Å². The zero-order chi connectivity index (χ0) is 20.5. The van der Waals surface area contributed by atoms with Crippen LogP contribution in [0.4, 0.5) is 5.69 Å². The van der Waals surface area contributed by atoms with Gasteiger partial charge >= 0.3 is 41.2 Å². The minimum atomic E-state index is -0.733. The number of hydrogen-bond donors (Lipinski definition) is 0. The second-order valence-electron chi connectivity index (χ2n) is 5.55. The van der Waals surface area contributed by atoms with E-state index in [-0.39, 0.29) is 65.0 Å². The normalized spacial score (nSPS) is 12.8. The van der Waals surface area contributed by atoms with Crippen molar-refractivity contribution in [3.05, 3.63) is 40.5 Å². The number of unbranched alkanes of at least 4 members (excludes halogenated alkanes) is 2. The number of esters is 1. The Balaban J connectivity index is 0.00000420. The Kier molecular flexibility index (Phi) is 11.0. The Labute approximate surface area is 191 Å². The van der Waals surface area contributed by atoms with E-state index >= 15 is 0 Å². The Bertz CT molecular complexity index is 785. The number of ether oxygens (including phenoxy) is 1. The number of carbonyl (C=O) groups excluding carboxylic acids is 3. The molecule has 1 aromatic carbocycles. The van der Waals surface area contributed by atoms with Gasteiger partial charge < -0.3 is 9.99 Å². The first kappa shape index (κ1) is 25.2. The molecule has 1 heterocycles. The number of imide groups is 1. The van der Waals surface area contributed by atoms with Crippen molar-refractivity contribution in [2.24, 2.45) is 0 Å². The Morgan fingerprint density at radius 3 is 2.45 bits per heavy atom. The van der Waals surface area contributed by atoms with Gasteiger partial charge in [-0.2, -0.15) is 4.33 Å². The van der Waals surface area contributed by atoms with Crippen LogP contribution in [0.2, 0.25) is 0 Å². The predicted octanol–water partition coefficient (Wildman–Crippen LogP) is -1.78. The summed E-state index contributed by atoms with van der Waals surface area (Å²) in [5.41, 5.74) is -0.466. The van der Waals surface area contributed by atoms with Crippen LogP contribution in [-0.2, 0) is 23.8 Å². The molecule has 29 heavy (non-hydrogen) atoms. The molecule has 2 amide bonds. The van der Waals surface area contributed by atoms with Gasteiger partial charge in [0.25, 0.3) is 11.8 Å². The van der Waals surface area contributed by atoms with Crippen LogP contribution in [0, 0.1) is 10.1 Å². The molecule has 1 aliphatic rings. The summed E-state index contributed by atoms with van der Waals surface area (Å²) in [6.07, 6.45) is 3.95. The van der Waals surface area contributed by atoms with E-state index in [1.807, 2.05) is 0 Å². The van der Waals surface area contributed by atoms with Gasteiger partial charge in [0, 0.05) is 36.1 Å². The van der Waals surface area contributed by atoms with E-state index in [9.17, 15) is 29.8 Å². The first-order valence-corrected chi connectivity index (χ1v) is 8.82. The zero-order valence-corrected chi connectivity index (χ0v) is 18.2. The van der Waals surface area contributed by atoms with Crippen molar-refractivity contribution < 1.29 is 68.2 Å². The molecule has 0 atom stereocenters. The Hall–Kier alpha value is -1.80. The summed E-state index contributed by atoms with van der Waals surface area (Å²) in [6.45, 7) is 0.263. The van der Waals surface area contributed by atoms with E-state index in [0.717, 1.165) is 11.0 Å². The number of rotatable bonds is 11. The van der Waals surface area contributed by atoms with Gasteiger partial charge in [0.15, 0.2) is 0 Å². The molecular formula is C16H15N2NaO9S. The number of benzene rings is 1. The minimum Gasteiger partial charge on any atom is -0.691 e. The molecule has 1 aromatic rings. The number of hydrogen-bond acceptors (Lipinski definition) is 10. The molecule has 0 aromatic heterocycles. The third kappa shape index (κ3) is 7.85. The van der Waals surface area contributed by atoms with Crippen LogP contribution in [0.25, 0.3) is 0 Å². The largest absolute Gasteiger partial charge is 1.00 e. The van der Waals surface area contributed by atoms with Crippen molar-refractivity contribution in [3.63, 3.8) is 0 Å². The van der Waals surface area contributed by atoms with Crippen LogP contribution in [0.15, 0.2) is 35.2 Å². The molecule has 150 valence electrons. The number of amides is 2. The molecule has 0 radical (unpaired) electrons. The Morgan fingerprint density at radius 2 is 1.83 bits per heavy atom. The van der Waals surface area contributed by atoms with Crippen molar-refractivity contribution in [1.29, 1.82) is 0 Å². The van der Waals surface area contributed by atoms with E-state index in [1.54, 1.807) is 0 Å². The van der Waals surface area contributed by atoms with E-state index < -0.39 is 16.6 Å².